The van der Waals surface area contributed by atoms with Gasteiger partial charge in [-0.1, -0.05) is 246 Å². The molecule has 0 bridgehead atoms. The zero-order valence-electron chi connectivity index (χ0n) is 36.8. The average molecular weight is 787 g/mol. The Bertz CT molecular complexity index is 2220. The fourth-order valence-corrected chi connectivity index (χ4v) is 7.95. The number of aryl methyl sites for hydroxylation is 1. The summed E-state index contributed by atoms with van der Waals surface area (Å²) in [5, 5.41) is 0. The van der Waals surface area contributed by atoms with E-state index in [1.54, 1.807) is 0 Å². The summed E-state index contributed by atoms with van der Waals surface area (Å²) in [4.78, 5) is 0. The summed E-state index contributed by atoms with van der Waals surface area (Å²) in [6.07, 6.45) is 18.5. The molecule has 0 aliphatic heterocycles. The quantitative estimate of drug-likeness (QED) is 0.108. The van der Waals surface area contributed by atoms with Gasteiger partial charge in [0.2, 0.25) is 0 Å². The first-order chi connectivity index (χ1) is 29.4. The van der Waals surface area contributed by atoms with Crippen LogP contribution in [0.15, 0.2) is 218 Å². The van der Waals surface area contributed by atoms with E-state index in [4.69, 9.17) is 0 Å². The van der Waals surface area contributed by atoms with Gasteiger partial charge in [0, 0.05) is 0 Å². The van der Waals surface area contributed by atoms with Gasteiger partial charge in [-0.25, -0.2) is 0 Å². The molecule has 0 N–H and O–H groups in total. The Balaban J connectivity index is 0.000000284. The van der Waals surface area contributed by atoms with Crippen molar-refractivity contribution in [2.75, 3.05) is 0 Å². The molecular formula is C60H66. The van der Waals surface area contributed by atoms with Crippen LogP contribution < -0.4 is 0 Å². The molecule has 1 saturated carbocycles. The van der Waals surface area contributed by atoms with Gasteiger partial charge in [-0.3, -0.25) is 0 Å². The second-order valence-electron chi connectivity index (χ2n) is 16.2. The number of allylic oxidation sites excluding steroid dienone is 6. The van der Waals surface area contributed by atoms with Crippen LogP contribution in [-0.4, -0.2) is 0 Å². The van der Waals surface area contributed by atoms with Crippen LogP contribution >= 0.6 is 0 Å². The standard InChI is InChI=1S/C40H38.C15H16.C3H8.C2H4/c1-29-13-15-31(16-14-29)19-23-36-25-26-37(40-28-39(36)40)24-20-32-17-21-34(22-18-32)30(2)38(35-11-7-4-8-12-35)27-33-9-5-3-6-10-33;1-13(15-10-6-3-7-11-15)12-14-8-4-2-5-9-14;1-3-2;1-2/h3-26,30,38-40H,27-28H2,1-2H3;2-11,13H,12H2,1H3;3H2,1-2H3;1-2H2/b23-19+,24-20+;;;. The molecule has 0 radical (unpaired) electrons. The summed E-state index contributed by atoms with van der Waals surface area (Å²) in [5.41, 5.74) is 13.8. The predicted octanol–water partition coefficient (Wildman–Crippen LogP) is 16.6. The van der Waals surface area contributed by atoms with E-state index in [2.05, 4.69) is 254 Å². The smallest absolute Gasteiger partial charge is 0.00553 e. The summed E-state index contributed by atoms with van der Waals surface area (Å²) < 4.78 is 0. The van der Waals surface area contributed by atoms with Gasteiger partial charge in [-0.15, -0.1) is 13.2 Å². The molecule has 6 aromatic rings. The van der Waals surface area contributed by atoms with E-state index in [9.17, 15) is 0 Å². The molecule has 6 aromatic carbocycles. The van der Waals surface area contributed by atoms with Crippen LogP contribution in [0.1, 0.15) is 103 Å². The van der Waals surface area contributed by atoms with Crippen molar-refractivity contribution in [2.24, 2.45) is 11.8 Å². The summed E-state index contributed by atoms with van der Waals surface area (Å²) in [7, 11) is 0. The molecule has 5 unspecified atom stereocenters. The van der Waals surface area contributed by atoms with Gasteiger partial charge in [-0.2, -0.15) is 0 Å². The van der Waals surface area contributed by atoms with Crippen molar-refractivity contribution >= 4 is 12.2 Å². The largest absolute Gasteiger partial charge is 0.106 e. The Morgan fingerprint density at radius 2 is 0.883 bits per heavy atom. The summed E-state index contributed by atoms with van der Waals surface area (Å²) in [6.45, 7) is 17.0. The summed E-state index contributed by atoms with van der Waals surface area (Å²) >= 11 is 0. The van der Waals surface area contributed by atoms with Crippen LogP contribution in [0.5, 0.6) is 0 Å². The Labute approximate surface area is 363 Å². The molecule has 0 amide bonds. The van der Waals surface area contributed by atoms with Crippen molar-refractivity contribution in [3.8, 4) is 0 Å². The van der Waals surface area contributed by atoms with Crippen molar-refractivity contribution in [3.63, 3.8) is 0 Å². The minimum atomic E-state index is 0.422. The lowest BCUT2D eigenvalue weighted by molar-refractivity contribution is 0.572. The van der Waals surface area contributed by atoms with E-state index in [0.717, 1.165) is 12.8 Å². The summed E-state index contributed by atoms with van der Waals surface area (Å²) in [6, 6.07) is 61.2. The molecule has 2 aliphatic carbocycles. The highest BCUT2D eigenvalue weighted by molar-refractivity contribution is 5.60. The van der Waals surface area contributed by atoms with Crippen LogP contribution in [0, 0.1) is 18.8 Å². The third-order valence-corrected chi connectivity index (χ3v) is 11.5. The molecule has 5 atom stereocenters. The molecule has 0 heteroatoms. The van der Waals surface area contributed by atoms with Crippen molar-refractivity contribution in [3.05, 3.63) is 263 Å². The second-order valence-corrected chi connectivity index (χ2v) is 16.2. The average Bonchev–Trinajstić information content (AvgIpc) is 4.12. The van der Waals surface area contributed by atoms with Gasteiger partial charge in [0.1, 0.15) is 0 Å². The van der Waals surface area contributed by atoms with Crippen molar-refractivity contribution in [1.82, 2.24) is 0 Å². The molecular weight excluding hydrogens is 721 g/mol. The number of hydrogen-bond acceptors (Lipinski definition) is 0. The van der Waals surface area contributed by atoms with Crippen LogP contribution in [0.25, 0.3) is 12.2 Å². The fraction of sp³-hybridized carbons (Fsp3) is 0.233. The zero-order valence-corrected chi connectivity index (χ0v) is 36.8. The van der Waals surface area contributed by atoms with Gasteiger partial charge >= 0.3 is 0 Å². The first-order valence-electron chi connectivity index (χ1n) is 22.0. The Morgan fingerprint density at radius 1 is 0.483 bits per heavy atom. The molecule has 2 aliphatic rings. The highest BCUT2D eigenvalue weighted by Gasteiger charge is 2.42. The molecule has 60 heavy (non-hydrogen) atoms. The maximum atomic E-state index is 3.00. The van der Waals surface area contributed by atoms with Crippen LogP contribution in [-0.2, 0) is 12.8 Å². The molecule has 8 rings (SSSR count). The number of rotatable bonds is 12. The lowest BCUT2D eigenvalue weighted by Crippen LogP contribution is -2.11. The molecule has 0 aromatic heterocycles. The maximum Gasteiger partial charge on any atom is -0.00553 e. The van der Waals surface area contributed by atoms with Crippen molar-refractivity contribution in [1.29, 1.82) is 0 Å². The molecule has 0 nitrogen and oxygen atoms in total. The second kappa shape index (κ2) is 24.2. The normalized spacial score (nSPS) is 16.6. The maximum absolute atomic E-state index is 3.00. The molecule has 1 fully saturated rings. The van der Waals surface area contributed by atoms with Gasteiger partial charge in [0.05, 0.1) is 0 Å². The Morgan fingerprint density at radius 3 is 1.35 bits per heavy atom. The van der Waals surface area contributed by atoms with Crippen LogP contribution in [0.2, 0.25) is 0 Å². The third kappa shape index (κ3) is 13.8. The number of benzene rings is 6. The topological polar surface area (TPSA) is 0 Å². The molecule has 306 valence electrons. The monoisotopic (exact) mass is 787 g/mol. The van der Waals surface area contributed by atoms with Gasteiger partial charge in [0.25, 0.3) is 0 Å². The number of fused-ring (bicyclic) bond motifs is 1. The molecule has 0 spiro atoms. The molecule has 0 saturated heterocycles. The first-order valence-corrected chi connectivity index (χ1v) is 22.0. The van der Waals surface area contributed by atoms with Crippen LogP contribution in [0.4, 0.5) is 0 Å². The van der Waals surface area contributed by atoms with Crippen molar-refractivity contribution in [2.45, 2.75) is 78.1 Å². The van der Waals surface area contributed by atoms with Gasteiger partial charge in [0.15, 0.2) is 0 Å². The zero-order chi connectivity index (χ0) is 42.5. The summed E-state index contributed by atoms with van der Waals surface area (Å²) in [5.74, 6) is 2.79. The SMILES string of the molecule is C=C.CC(Cc1ccccc1)c1ccccc1.CCC.Cc1ccc(/C=C/C2=CC=C(/C=C/c3ccc(C(C)C(Cc4ccccc4)c4ccccc4)cc3)C3CC23)cc1. The third-order valence-electron chi connectivity index (χ3n) is 11.5. The van der Waals surface area contributed by atoms with E-state index in [1.165, 1.54) is 68.5 Å². The Kier molecular flexibility index (Phi) is 18.2. The highest BCUT2D eigenvalue weighted by Crippen LogP contribution is 2.52. The van der Waals surface area contributed by atoms with E-state index in [1.807, 2.05) is 0 Å². The molecule has 0 heterocycles. The van der Waals surface area contributed by atoms with E-state index in [0.29, 0.717) is 29.6 Å². The minimum absolute atomic E-state index is 0.422. The van der Waals surface area contributed by atoms with Gasteiger partial charge in [-0.05, 0) is 106 Å². The predicted molar refractivity (Wildman–Crippen MR) is 263 cm³/mol. The fourth-order valence-electron chi connectivity index (χ4n) is 7.95. The van der Waals surface area contributed by atoms with Gasteiger partial charge < -0.3 is 0 Å². The van der Waals surface area contributed by atoms with Crippen molar-refractivity contribution < 1.29 is 0 Å². The number of hydrogen-bond donors (Lipinski definition) is 0. The van der Waals surface area contributed by atoms with E-state index < -0.39 is 0 Å². The lowest BCUT2D eigenvalue weighted by atomic mass is 9.79. The van der Waals surface area contributed by atoms with E-state index >= 15 is 0 Å². The first kappa shape index (κ1) is 45.1. The lowest BCUT2D eigenvalue weighted by Gasteiger charge is -2.25. The highest BCUT2D eigenvalue weighted by atomic mass is 14.5. The van der Waals surface area contributed by atoms with E-state index in [-0.39, 0.29) is 0 Å². The minimum Gasteiger partial charge on any atom is -0.106 e. The van der Waals surface area contributed by atoms with Crippen LogP contribution in [0.3, 0.4) is 0 Å². The Hall–Kier alpha value is -5.98.